The maximum absolute atomic E-state index is 14.7. The number of nitrogens with zero attached hydrogens (tertiary/aromatic N) is 5. The lowest BCUT2D eigenvalue weighted by atomic mass is 9.77. The van der Waals surface area contributed by atoms with Gasteiger partial charge in [-0.1, -0.05) is 55.7 Å². The molecule has 0 spiro atoms. The Morgan fingerprint density at radius 1 is 1.10 bits per heavy atom. The van der Waals surface area contributed by atoms with Crippen molar-refractivity contribution in [2.24, 2.45) is 0 Å². The third kappa shape index (κ3) is 5.10. The van der Waals surface area contributed by atoms with E-state index in [9.17, 15) is 13.2 Å². The van der Waals surface area contributed by atoms with Crippen LogP contribution < -0.4 is 0 Å². The maximum atomic E-state index is 14.7. The summed E-state index contributed by atoms with van der Waals surface area (Å²) >= 11 is 6.43. The van der Waals surface area contributed by atoms with Gasteiger partial charge in [0.15, 0.2) is 19.8 Å². The van der Waals surface area contributed by atoms with E-state index in [0.717, 1.165) is 4.68 Å². The second-order valence-corrected chi connectivity index (χ2v) is 17.2. The highest BCUT2D eigenvalue weighted by Crippen LogP contribution is 2.52. The predicted octanol–water partition coefficient (Wildman–Crippen LogP) is 8.45. The molecule has 0 radical (unpaired) electrons. The van der Waals surface area contributed by atoms with Crippen molar-refractivity contribution < 1.29 is 22.1 Å². The Hall–Kier alpha value is -3.02. The van der Waals surface area contributed by atoms with Crippen molar-refractivity contribution in [3.63, 3.8) is 0 Å². The molecule has 5 rings (SSSR count). The molecule has 0 unspecified atom stereocenters. The molecule has 0 amide bonds. The molecule has 1 saturated carbocycles. The third-order valence-corrected chi connectivity index (χ3v) is 12.9. The molecule has 0 bridgehead atoms. The van der Waals surface area contributed by atoms with Gasteiger partial charge in [-0.3, -0.25) is 4.68 Å². The molecule has 1 fully saturated rings. The maximum Gasteiger partial charge on any atom is 0.433 e. The van der Waals surface area contributed by atoms with Crippen LogP contribution in [-0.2, 0) is 10.6 Å². The van der Waals surface area contributed by atoms with E-state index in [-0.39, 0.29) is 27.6 Å². The van der Waals surface area contributed by atoms with Crippen molar-refractivity contribution in [1.29, 1.82) is 0 Å². The fraction of sp³-hybridized carbons (Fsp3) is 0.429. The van der Waals surface area contributed by atoms with Crippen LogP contribution in [0.3, 0.4) is 0 Å². The van der Waals surface area contributed by atoms with Gasteiger partial charge in [-0.2, -0.15) is 18.3 Å². The Labute approximate surface area is 236 Å². The Morgan fingerprint density at radius 3 is 2.40 bits per heavy atom. The van der Waals surface area contributed by atoms with Crippen LogP contribution in [0.1, 0.15) is 52.3 Å². The Bertz CT molecular complexity index is 1520. The van der Waals surface area contributed by atoms with E-state index in [0.29, 0.717) is 29.1 Å². The molecule has 212 valence electrons. The van der Waals surface area contributed by atoms with Crippen molar-refractivity contribution in [2.75, 3.05) is 0 Å². The second-order valence-electron chi connectivity index (χ2n) is 12.0. The average Bonchev–Trinajstić information content (AvgIpc) is 3.47. The zero-order valence-electron chi connectivity index (χ0n) is 23.2. The molecule has 1 aromatic carbocycles. The zero-order valence-corrected chi connectivity index (χ0v) is 24.9. The summed E-state index contributed by atoms with van der Waals surface area (Å²) in [4.78, 5) is 8.22. The van der Waals surface area contributed by atoms with Gasteiger partial charge in [0, 0.05) is 11.8 Å². The highest BCUT2D eigenvalue weighted by Gasteiger charge is 2.52. The molecule has 3 aromatic heterocycles. The van der Waals surface area contributed by atoms with E-state index < -0.39 is 31.8 Å². The summed E-state index contributed by atoms with van der Waals surface area (Å²) in [5.74, 6) is -0.0909. The van der Waals surface area contributed by atoms with Gasteiger partial charge in [-0.05, 0) is 50.0 Å². The van der Waals surface area contributed by atoms with E-state index in [1.807, 2.05) is 6.92 Å². The van der Waals surface area contributed by atoms with Gasteiger partial charge in [0.2, 0.25) is 0 Å². The summed E-state index contributed by atoms with van der Waals surface area (Å²) in [5, 5.41) is 8.75. The minimum Gasteiger partial charge on any atom is -0.411 e. The number of halogens is 4. The number of alkyl halides is 3. The lowest BCUT2D eigenvalue weighted by Crippen LogP contribution is -2.54. The summed E-state index contributed by atoms with van der Waals surface area (Å²) in [5.41, 5.74) is -0.222. The summed E-state index contributed by atoms with van der Waals surface area (Å²) in [7, 11) is -2.12. The van der Waals surface area contributed by atoms with Crippen LogP contribution in [0.5, 0.6) is 0 Å². The van der Waals surface area contributed by atoms with Crippen molar-refractivity contribution in [3.8, 4) is 33.8 Å². The zero-order chi connectivity index (χ0) is 29.1. The van der Waals surface area contributed by atoms with Crippen molar-refractivity contribution in [3.05, 3.63) is 59.8 Å². The summed E-state index contributed by atoms with van der Waals surface area (Å²) in [6, 6.07) is 8.02. The quantitative estimate of drug-likeness (QED) is 0.210. The highest BCUT2D eigenvalue weighted by molar-refractivity contribution is 6.74. The monoisotopic (exact) mass is 589 g/mol. The van der Waals surface area contributed by atoms with Crippen LogP contribution >= 0.6 is 11.6 Å². The van der Waals surface area contributed by atoms with Crippen LogP contribution in [-0.4, -0.2) is 38.8 Å². The van der Waals surface area contributed by atoms with Crippen molar-refractivity contribution in [1.82, 2.24) is 24.9 Å². The smallest absolute Gasteiger partial charge is 0.411 e. The van der Waals surface area contributed by atoms with Crippen LogP contribution in [0.4, 0.5) is 13.2 Å². The molecule has 0 aliphatic heterocycles. The molecule has 1 aliphatic carbocycles. The summed E-state index contributed by atoms with van der Waals surface area (Å²) < 4.78 is 57.4. The van der Waals surface area contributed by atoms with E-state index in [1.165, 1.54) is 18.7 Å². The van der Waals surface area contributed by atoms with Gasteiger partial charge < -0.3 is 8.95 Å². The summed E-state index contributed by atoms with van der Waals surface area (Å²) in [6.45, 7) is 12.7. The minimum absolute atomic E-state index is 0.0138. The Kier molecular flexibility index (Phi) is 6.99. The van der Waals surface area contributed by atoms with Crippen LogP contribution in [0.15, 0.2) is 53.6 Å². The first kappa shape index (κ1) is 28.5. The van der Waals surface area contributed by atoms with E-state index in [1.54, 1.807) is 30.3 Å². The van der Waals surface area contributed by atoms with Crippen LogP contribution in [0.25, 0.3) is 33.8 Å². The van der Waals surface area contributed by atoms with Gasteiger partial charge >= 0.3 is 6.18 Å². The number of hydrogen-bond donors (Lipinski definition) is 0. The fourth-order valence-corrected chi connectivity index (χ4v) is 6.97. The van der Waals surface area contributed by atoms with E-state index in [2.05, 4.69) is 54.1 Å². The van der Waals surface area contributed by atoms with E-state index >= 15 is 0 Å². The van der Waals surface area contributed by atoms with Gasteiger partial charge in [0.25, 0.3) is 0 Å². The van der Waals surface area contributed by atoms with E-state index in [4.69, 9.17) is 20.6 Å². The van der Waals surface area contributed by atoms with Gasteiger partial charge in [-0.15, -0.1) is 0 Å². The Morgan fingerprint density at radius 2 is 1.80 bits per heavy atom. The Balaban J connectivity index is 1.58. The number of rotatable bonds is 6. The highest BCUT2D eigenvalue weighted by atomic mass is 35.5. The van der Waals surface area contributed by atoms with Gasteiger partial charge in [-0.25, -0.2) is 9.97 Å². The first-order valence-corrected chi connectivity index (χ1v) is 16.3. The molecule has 1 aliphatic rings. The molecule has 3 heterocycles. The number of benzene rings is 1. The third-order valence-electron chi connectivity index (χ3n) is 7.96. The first-order chi connectivity index (χ1) is 18.6. The topological polar surface area (TPSA) is 78.9 Å². The SMILES string of the molecule is CC1(O[Si](C)(C)C(C)(C)C)CC(n2ncc(-c3onc(-c4ccccc4Cl)c3-c3ccncn3)c2C(F)(F)F)C1. The van der Waals surface area contributed by atoms with Crippen molar-refractivity contribution >= 4 is 19.9 Å². The molecule has 40 heavy (non-hydrogen) atoms. The van der Waals surface area contributed by atoms with Gasteiger partial charge in [0.05, 0.1) is 39.7 Å². The molecule has 0 N–H and O–H groups in total. The molecule has 0 saturated heterocycles. The molecule has 4 aromatic rings. The molecular formula is C28H31ClF3N5O2Si. The normalized spacial score (nSPS) is 20.0. The van der Waals surface area contributed by atoms with Crippen LogP contribution in [0.2, 0.25) is 23.2 Å². The largest absolute Gasteiger partial charge is 0.433 e. The molecule has 12 heteroatoms. The minimum atomic E-state index is -4.71. The standard InChI is InChI=1S/C28H31ClF3N5O2Si/c1-26(2,3)40(5,6)39-27(4)13-17(14-27)37-25(28(30,31)32)19(15-35-37)24-22(21-11-12-33-16-34-21)23(36-38-24)18-9-7-8-10-20(18)29/h7-12,15-17H,13-14H2,1-6H3. The second kappa shape index (κ2) is 9.81. The predicted molar refractivity (Wildman–Crippen MR) is 149 cm³/mol. The number of aromatic nitrogens is 5. The average molecular weight is 590 g/mol. The first-order valence-electron chi connectivity index (χ1n) is 13.0. The number of hydrogen-bond acceptors (Lipinski definition) is 6. The molecule has 0 atom stereocenters. The lowest BCUT2D eigenvalue weighted by Gasteiger charge is -2.52. The molecular weight excluding hydrogens is 559 g/mol. The fourth-order valence-electron chi connectivity index (χ4n) is 5.04. The van der Waals surface area contributed by atoms with Crippen molar-refractivity contribution in [2.45, 2.75) is 76.5 Å². The lowest BCUT2D eigenvalue weighted by molar-refractivity contribution is -0.148. The summed E-state index contributed by atoms with van der Waals surface area (Å²) in [6.07, 6.45) is 0.135. The van der Waals surface area contributed by atoms with Crippen LogP contribution in [0, 0.1) is 0 Å². The molecule has 7 nitrogen and oxygen atoms in total. The van der Waals surface area contributed by atoms with Gasteiger partial charge in [0.1, 0.15) is 12.0 Å².